The zero-order chi connectivity index (χ0) is 13.7. The van der Waals surface area contributed by atoms with Crippen molar-refractivity contribution in [3.05, 3.63) is 18.6 Å². The molecule has 0 aliphatic carbocycles. The first-order valence-corrected chi connectivity index (χ1v) is 7.17. The van der Waals surface area contributed by atoms with Crippen molar-refractivity contribution in [1.82, 2.24) is 19.6 Å². The molecule has 19 heavy (non-hydrogen) atoms. The monoisotopic (exact) mass is 261 g/mol. The third-order valence-electron chi connectivity index (χ3n) is 3.72. The van der Waals surface area contributed by atoms with E-state index in [4.69, 9.17) is 0 Å². The van der Waals surface area contributed by atoms with E-state index in [1.165, 1.54) is 32.0 Å². The normalized spacial score (nSPS) is 14.5. The van der Waals surface area contributed by atoms with Crippen LogP contribution in [0.5, 0.6) is 0 Å². The van der Waals surface area contributed by atoms with Gasteiger partial charge in [-0.3, -0.25) is 0 Å². The molecule has 0 aliphatic heterocycles. The highest BCUT2D eigenvalue weighted by Crippen LogP contribution is 2.20. The van der Waals surface area contributed by atoms with Crippen molar-refractivity contribution in [1.29, 1.82) is 0 Å². The quantitative estimate of drug-likeness (QED) is 0.832. The first-order chi connectivity index (χ1) is 9.26. The molecule has 0 spiro atoms. The number of nitrogens with one attached hydrogen (secondary N) is 1. The van der Waals surface area contributed by atoms with Crippen molar-refractivity contribution < 1.29 is 0 Å². The second kappa shape index (κ2) is 6.50. The molecule has 0 amide bonds. The van der Waals surface area contributed by atoms with Crippen LogP contribution in [0.4, 0.5) is 5.82 Å². The van der Waals surface area contributed by atoms with Gasteiger partial charge in [0.2, 0.25) is 0 Å². The Kier molecular flexibility index (Phi) is 4.71. The fourth-order valence-electron chi connectivity index (χ4n) is 2.47. The van der Waals surface area contributed by atoms with Gasteiger partial charge in [-0.2, -0.15) is 14.6 Å². The summed E-state index contributed by atoms with van der Waals surface area (Å²) >= 11 is 0. The maximum atomic E-state index is 4.20. The third kappa shape index (κ3) is 3.22. The molecule has 2 aromatic heterocycles. The Balaban J connectivity index is 2.08. The van der Waals surface area contributed by atoms with E-state index < -0.39 is 0 Å². The van der Waals surface area contributed by atoms with Gasteiger partial charge in [0.25, 0.3) is 5.78 Å². The van der Waals surface area contributed by atoms with Crippen LogP contribution in [0.1, 0.15) is 46.5 Å². The fraction of sp³-hybridized carbons (Fsp3) is 0.643. The summed E-state index contributed by atoms with van der Waals surface area (Å²) in [5.74, 6) is 2.29. The Hall–Kier alpha value is -1.65. The van der Waals surface area contributed by atoms with Crippen LogP contribution in [0.3, 0.4) is 0 Å². The Bertz CT molecular complexity index is 507. The number of hydrogen-bond donors (Lipinski definition) is 1. The second-order valence-electron chi connectivity index (χ2n) is 5.05. The minimum absolute atomic E-state index is 0.423. The minimum Gasteiger partial charge on any atom is -0.367 e. The molecule has 0 aliphatic rings. The largest absolute Gasteiger partial charge is 0.367 e. The van der Waals surface area contributed by atoms with Gasteiger partial charge in [-0.05, 0) is 25.3 Å². The van der Waals surface area contributed by atoms with E-state index in [2.05, 4.69) is 41.2 Å². The van der Waals surface area contributed by atoms with Crippen molar-refractivity contribution in [3.8, 4) is 0 Å². The molecule has 2 rings (SSSR count). The lowest BCUT2D eigenvalue weighted by atomic mass is 9.92. The molecule has 5 heteroatoms. The smallest absolute Gasteiger partial charge is 0.254 e. The van der Waals surface area contributed by atoms with Gasteiger partial charge in [-0.25, -0.2) is 4.98 Å². The lowest BCUT2D eigenvalue weighted by molar-refractivity contribution is 0.405. The summed E-state index contributed by atoms with van der Waals surface area (Å²) in [7, 11) is 0. The highest BCUT2D eigenvalue weighted by molar-refractivity contribution is 5.42. The van der Waals surface area contributed by atoms with Crippen molar-refractivity contribution >= 4 is 11.6 Å². The summed E-state index contributed by atoms with van der Waals surface area (Å²) in [6, 6.07) is 2.37. The zero-order valence-corrected chi connectivity index (χ0v) is 12.0. The summed E-state index contributed by atoms with van der Waals surface area (Å²) in [5, 5.41) is 7.75. The lowest BCUT2D eigenvalue weighted by Crippen LogP contribution is -2.26. The van der Waals surface area contributed by atoms with E-state index in [0.29, 0.717) is 17.7 Å². The fourth-order valence-corrected chi connectivity index (χ4v) is 2.47. The van der Waals surface area contributed by atoms with Gasteiger partial charge in [-0.1, -0.05) is 33.1 Å². The zero-order valence-electron chi connectivity index (χ0n) is 12.0. The van der Waals surface area contributed by atoms with Crippen LogP contribution >= 0.6 is 0 Å². The average Bonchev–Trinajstić information content (AvgIpc) is 2.89. The van der Waals surface area contributed by atoms with Gasteiger partial charge in [0.1, 0.15) is 12.1 Å². The Morgan fingerprint density at radius 2 is 2.16 bits per heavy atom. The van der Waals surface area contributed by atoms with Crippen LogP contribution in [-0.4, -0.2) is 25.6 Å². The van der Waals surface area contributed by atoms with Crippen LogP contribution in [-0.2, 0) is 0 Å². The molecular formula is C14H23N5. The predicted molar refractivity (Wildman–Crippen MR) is 77.2 cm³/mol. The van der Waals surface area contributed by atoms with Crippen molar-refractivity contribution in [2.75, 3.05) is 5.32 Å². The number of rotatable bonds is 7. The maximum absolute atomic E-state index is 4.20. The maximum Gasteiger partial charge on any atom is 0.254 e. The standard InChI is InChI=1S/C14H23N5/c1-4-6-7-12(5-2)11(3)18-13-8-9-15-14-16-10-17-19(13)14/h8-12,18H,4-7H2,1-3H3. The van der Waals surface area contributed by atoms with Crippen LogP contribution in [0, 0.1) is 5.92 Å². The molecule has 5 nitrogen and oxygen atoms in total. The van der Waals surface area contributed by atoms with E-state index in [1.807, 2.05) is 6.07 Å². The minimum atomic E-state index is 0.423. The summed E-state index contributed by atoms with van der Waals surface area (Å²) in [6.07, 6.45) is 8.32. The number of unbranched alkanes of at least 4 members (excludes halogenated alkanes) is 1. The molecule has 2 heterocycles. The second-order valence-corrected chi connectivity index (χ2v) is 5.05. The summed E-state index contributed by atoms with van der Waals surface area (Å²) < 4.78 is 1.75. The summed E-state index contributed by atoms with van der Waals surface area (Å²) in [6.45, 7) is 6.75. The summed E-state index contributed by atoms with van der Waals surface area (Å²) in [5.41, 5.74) is 0. The van der Waals surface area contributed by atoms with Crippen molar-refractivity contribution in [3.63, 3.8) is 0 Å². The van der Waals surface area contributed by atoms with Crippen LogP contribution in [0.25, 0.3) is 5.78 Å². The Morgan fingerprint density at radius 1 is 1.32 bits per heavy atom. The van der Waals surface area contributed by atoms with E-state index in [1.54, 1.807) is 10.7 Å². The molecule has 0 saturated carbocycles. The Morgan fingerprint density at radius 3 is 2.89 bits per heavy atom. The molecule has 0 saturated heterocycles. The van der Waals surface area contributed by atoms with Crippen molar-refractivity contribution in [2.24, 2.45) is 5.92 Å². The summed E-state index contributed by atoms with van der Waals surface area (Å²) in [4.78, 5) is 8.28. The Labute approximate surface area is 114 Å². The topological polar surface area (TPSA) is 55.1 Å². The number of hydrogen-bond acceptors (Lipinski definition) is 4. The molecule has 104 valence electrons. The predicted octanol–water partition coefficient (Wildman–Crippen LogP) is 3.14. The van der Waals surface area contributed by atoms with Gasteiger partial charge >= 0.3 is 0 Å². The molecule has 0 fully saturated rings. The number of fused-ring (bicyclic) bond motifs is 1. The molecule has 0 bridgehead atoms. The van der Waals surface area contributed by atoms with Gasteiger partial charge in [0.15, 0.2) is 0 Å². The molecule has 1 N–H and O–H groups in total. The highest BCUT2D eigenvalue weighted by Gasteiger charge is 2.16. The molecule has 2 atom stereocenters. The molecule has 2 unspecified atom stereocenters. The van der Waals surface area contributed by atoms with Crippen molar-refractivity contribution in [2.45, 2.75) is 52.5 Å². The van der Waals surface area contributed by atoms with Gasteiger partial charge in [-0.15, -0.1) is 0 Å². The lowest BCUT2D eigenvalue weighted by Gasteiger charge is -2.24. The third-order valence-corrected chi connectivity index (χ3v) is 3.72. The first-order valence-electron chi connectivity index (χ1n) is 7.17. The van der Waals surface area contributed by atoms with Gasteiger partial charge in [0.05, 0.1) is 0 Å². The van der Waals surface area contributed by atoms with Crippen LogP contribution < -0.4 is 5.32 Å². The number of anilines is 1. The van der Waals surface area contributed by atoms with E-state index in [9.17, 15) is 0 Å². The molecule has 2 aromatic rings. The molecule has 0 radical (unpaired) electrons. The van der Waals surface area contributed by atoms with Gasteiger partial charge < -0.3 is 5.32 Å². The number of nitrogens with zero attached hydrogens (tertiary/aromatic N) is 4. The first kappa shape index (κ1) is 13.8. The highest BCUT2D eigenvalue weighted by atomic mass is 15.3. The van der Waals surface area contributed by atoms with E-state index in [0.717, 1.165) is 5.82 Å². The van der Waals surface area contributed by atoms with E-state index >= 15 is 0 Å². The van der Waals surface area contributed by atoms with Gasteiger partial charge in [0, 0.05) is 12.2 Å². The van der Waals surface area contributed by atoms with Crippen LogP contribution in [0.2, 0.25) is 0 Å². The van der Waals surface area contributed by atoms with E-state index in [-0.39, 0.29) is 0 Å². The average molecular weight is 261 g/mol. The van der Waals surface area contributed by atoms with Crippen LogP contribution in [0.15, 0.2) is 18.6 Å². The molecule has 0 aromatic carbocycles. The molecular weight excluding hydrogens is 238 g/mol. The SMILES string of the molecule is CCCCC(CC)C(C)Nc1ccnc2ncnn12. The number of aromatic nitrogens is 4.